The van der Waals surface area contributed by atoms with Crippen molar-refractivity contribution in [2.45, 2.75) is 19.4 Å². The lowest BCUT2D eigenvalue weighted by molar-refractivity contribution is -0.117. The Kier molecular flexibility index (Phi) is 4.93. The second-order valence-electron chi connectivity index (χ2n) is 5.31. The summed E-state index contributed by atoms with van der Waals surface area (Å²) < 4.78 is 0. The molecule has 2 atom stereocenters. The molecule has 1 aliphatic rings. The Morgan fingerprint density at radius 1 is 1.37 bits per heavy atom. The van der Waals surface area contributed by atoms with Gasteiger partial charge in [-0.25, -0.2) is 0 Å². The molecule has 2 N–H and O–H groups in total. The third kappa shape index (κ3) is 4.04. The van der Waals surface area contributed by atoms with Gasteiger partial charge in [0.25, 0.3) is 0 Å². The zero-order valence-corrected chi connectivity index (χ0v) is 11.7. The minimum Gasteiger partial charge on any atom is -0.325 e. The van der Waals surface area contributed by atoms with E-state index < -0.39 is 0 Å². The van der Waals surface area contributed by atoms with Crippen molar-refractivity contribution >= 4 is 11.6 Å². The van der Waals surface area contributed by atoms with E-state index >= 15 is 0 Å². The highest BCUT2D eigenvalue weighted by Gasteiger charge is 2.25. The number of hydrogen-bond acceptors (Lipinski definition) is 3. The molecule has 0 saturated carbocycles. The van der Waals surface area contributed by atoms with Crippen molar-refractivity contribution in [1.29, 1.82) is 0 Å². The maximum Gasteiger partial charge on any atom is 0.238 e. The van der Waals surface area contributed by atoms with Gasteiger partial charge in [0.1, 0.15) is 0 Å². The van der Waals surface area contributed by atoms with E-state index in [2.05, 4.69) is 22.5 Å². The fourth-order valence-corrected chi connectivity index (χ4v) is 2.73. The minimum absolute atomic E-state index is 0.0707. The number of carbonyl (C=O) groups excluding carboxylic acids is 1. The van der Waals surface area contributed by atoms with Gasteiger partial charge in [0.15, 0.2) is 0 Å². The van der Waals surface area contributed by atoms with Crippen molar-refractivity contribution in [2.75, 3.05) is 32.0 Å². The molecule has 0 aliphatic carbocycles. The van der Waals surface area contributed by atoms with E-state index in [0.29, 0.717) is 18.5 Å². The molecule has 4 nitrogen and oxygen atoms in total. The number of nitrogens with zero attached hydrogens (tertiary/aromatic N) is 1. The third-order valence-corrected chi connectivity index (χ3v) is 3.78. The summed E-state index contributed by atoms with van der Waals surface area (Å²) in [6, 6.07) is 10.2. The average molecular weight is 261 g/mol. The molecule has 0 aromatic heterocycles. The van der Waals surface area contributed by atoms with E-state index in [-0.39, 0.29) is 5.91 Å². The summed E-state index contributed by atoms with van der Waals surface area (Å²) in [7, 11) is 2.01. The van der Waals surface area contributed by atoms with Crippen LogP contribution in [-0.4, -0.2) is 43.5 Å². The number of likely N-dealkylation sites (tertiary alicyclic amines) is 1. The summed E-state index contributed by atoms with van der Waals surface area (Å²) in [5, 5.41) is 6.27. The van der Waals surface area contributed by atoms with Gasteiger partial charge in [-0.05, 0) is 31.5 Å². The van der Waals surface area contributed by atoms with Gasteiger partial charge in [-0.3, -0.25) is 9.69 Å². The predicted octanol–water partition coefficient (Wildman–Crippen LogP) is 1.55. The van der Waals surface area contributed by atoms with Crippen LogP contribution in [0.25, 0.3) is 0 Å². The second-order valence-corrected chi connectivity index (χ2v) is 5.31. The molecule has 1 aromatic carbocycles. The number of para-hydroxylation sites is 1. The van der Waals surface area contributed by atoms with Crippen LogP contribution in [0.2, 0.25) is 0 Å². The molecule has 0 spiro atoms. The van der Waals surface area contributed by atoms with E-state index in [0.717, 1.165) is 25.2 Å². The highest BCUT2D eigenvalue weighted by atomic mass is 16.2. The smallest absolute Gasteiger partial charge is 0.238 e. The van der Waals surface area contributed by atoms with Crippen molar-refractivity contribution in [3.8, 4) is 0 Å². The first-order valence-electron chi connectivity index (χ1n) is 6.93. The Hall–Kier alpha value is -1.39. The molecule has 1 amide bonds. The Labute approximate surface area is 115 Å². The number of rotatable bonds is 4. The Bertz CT molecular complexity index is 407. The van der Waals surface area contributed by atoms with E-state index in [1.807, 2.05) is 37.4 Å². The molecule has 104 valence electrons. The average Bonchev–Trinajstić information content (AvgIpc) is 2.40. The minimum atomic E-state index is 0.0707. The number of benzene rings is 1. The number of carbonyl (C=O) groups is 1. The van der Waals surface area contributed by atoms with E-state index in [1.165, 1.54) is 0 Å². The summed E-state index contributed by atoms with van der Waals surface area (Å²) >= 11 is 0. The molecule has 19 heavy (non-hydrogen) atoms. The fraction of sp³-hybridized carbons (Fsp3) is 0.533. The van der Waals surface area contributed by atoms with Crippen LogP contribution in [0, 0.1) is 5.92 Å². The molecule has 2 rings (SSSR count). The Morgan fingerprint density at radius 3 is 2.74 bits per heavy atom. The maximum atomic E-state index is 12.0. The molecule has 1 aliphatic heterocycles. The standard InChI is InChI=1S/C15H23N3O/c1-12-10-18(9-8-14(12)16-2)11-15(19)17-13-6-4-3-5-7-13/h3-7,12,14,16H,8-11H2,1-2H3,(H,17,19). The van der Waals surface area contributed by atoms with Crippen molar-refractivity contribution < 1.29 is 4.79 Å². The van der Waals surface area contributed by atoms with Crippen LogP contribution in [0.1, 0.15) is 13.3 Å². The first kappa shape index (κ1) is 14.0. The first-order chi connectivity index (χ1) is 9.19. The normalized spacial score (nSPS) is 24.1. The van der Waals surface area contributed by atoms with Gasteiger partial charge in [-0.15, -0.1) is 0 Å². The molecular weight excluding hydrogens is 238 g/mol. The molecular formula is C15H23N3O. The van der Waals surface area contributed by atoms with Crippen molar-refractivity contribution in [1.82, 2.24) is 10.2 Å². The maximum absolute atomic E-state index is 12.0. The second kappa shape index (κ2) is 6.68. The molecule has 2 unspecified atom stereocenters. The summed E-state index contributed by atoms with van der Waals surface area (Å²) in [6.07, 6.45) is 1.11. The number of anilines is 1. The van der Waals surface area contributed by atoms with Crippen LogP contribution in [0.3, 0.4) is 0 Å². The largest absolute Gasteiger partial charge is 0.325 e. The zero-order chi connectivity index (χ0) is 13.7. The number of nitrogens with one attached hydrogen (secondary N) is 2. The fourth-order valence-electron chi connectivity index (χ4n) is 2.73. The Morgan fingerprint density at radius 2 is 2.11 bits per heavy atom. The summed E-state index contributed by atoms with van der Waals surface area (Å²) in [4.78, 5) is 14.2. The first-order valence-corrected chi connectivity index (χ1v) is 6.93. The molecule has 0 bridgehead atoms. The monoisotopic (exact) mass is 261 g/mol. The zero-order valence-electron chi connectivity index (χ0n) is 11.7. The van der Waals surface area contributed by atoms with E-state index in [1.54, 1.807) is 0 Å². The number of amides is 1. The predicted molar refractivity (Wildman–Crippen MR) is 78.1 cm³/mol. The van der Waals surface area contributed by atoms with Gasteiger partial charge in [0, 0.05) is 24.8 Å². The highest BCUT2D eigenvalue weighted by molar-refractivity contribution is 5.92. The van der Waals surface area contributed by atoms with Crippen LogP contribution in [0.4, 0.5) is 5.69 Å². The molecule has 4 heteroatoms. The molecule has 1 heterocycles. The molecule has 1 saturated heterocycles. The van der Waals surface area contributed by atoms with Gasteiger partial charge in [0.2, 0.25) is 5.91 Å². The lowest BCUT2D eigenvalue weighted by atomic mass is 9.94. The number of hydrogen-bond donors (Lipinski definition) is 2. The highest BCUT2D eigenvalue weighted by Crippen LogP contribution is 2.16. The van der Waals surface area contributed by atoms with Gasteiger partial charge in [0.05, 0.1) is 6.54 Å². The van der Waals surface area contributed by atoms with Crippen LogP contribution in [-0.2, 0) is 4.79 Å². The van der Waals surface area contributed by atoms with Crippen molar-refractivity contribution in [3.05, 3.63) is 30.3 Å². The topological polar surface area (TPSA) is 44.4 Å². The van der Waals surface area contributed by atoms with Gasteiger partial charge in [-0.2, -0.15) is 0 Å². The summed E-state index contributed by atoms with van der Waals surface area (Å²) in [5.41, 5.74) is 0.866. The van der Waals surface area contributed by atoms with E-state index in [9.17, 15) is 4.79 Å². The lowest BCUT2D eigenvalue weighted by Gasteiger charge is -2.36. The van der Waals surface area contributed by atoms with Crippen molar-refractivity contribution in [2.24, 2.45) is 5.92 Å². The Balaban J connectivity index is 1.80. The van der Waals surface area contributed by atoms with Gasteiger partial charge >= 0.3 is 0 Å². The molecule has 1 aromatic rings. The van der Waals surface area contributed by atoms with Crippen LogP contribution in [0.15, 0.2) is 30.3 Å². The summed E-state index contributed by atoms with van der Waals surface area (Å²) in [6.45, 7) is 4.68. The van der Waals surface area contributed by atoms with Crippen LogP contribution >= 0.6 is 0 Å². The third-order valence-electron chi connectivity index (χ3n) is 3.78. The van der Waals surface area contributed by atoms with Gasteiger partial charge < -0.3 is 10.6 Å². The van der Waals surface area contributed by atoms with Gasteiger partial charge in [-0.1, -0.05) is 25.1 Å². The van der Waals surface area contributed by atoms with E-state index in [4.69, 9.17) is 0 Å². The quantitative estimate of drug-likeness (QED) is 0.864. The lowest BCUT2D eigenvalue weighted by Crippen LogP contribution is -2.49. The van der Waals surface area contributed by atoms with Crippen LogP contribution in [0.5, 0.6) is 0 Å². The summed E-state index contributed by atoms with van der Waals surface area (Å²) in [5.74, 6) is 0.657. The number of piperidine rings is 1. The SMILES string of the molecule is CNC1CCN(CC(=O)Nc2ccccc2)CC1C. The molecule has 0 radical (unpaired) electrons. The van der Waals surface area contributed by atoms with Crippen LogP contribution < -0.4 is 10.6 Å². The molecule has 1 fully saturated rings. The van der Waals surface area contributed by atoms with Crippen molar-refractivity contribution in [3.63, 3.8) is 0 Å².